The fourth-order valence-corrected chi connectivity index (χ4v) is 3.93. The van der Waals surface area contributed by atoms with E-state index in [1.807, 2.05) is 0 Å². The quantitative estimate of drug-likeness (QED) is 0.637. The van der Waals surface area contributed by atoms with E-state index in [1.54, 1.807) is 0 Å². The highest BCUT2D eigenvalue weighted by Gasteiger charge is 2.16. The lowest BCUT2D eigenvalue weighted by molar-refractivity contribution is 1.24. The van der Waals surface area contributed by atoms with Crippen molar-refractivity contribution in [2.75, 3.05) is 0 Å². The van der Waals surface area contributed by atoms with E-state index >= 15 is 0 Å². The maximum Gasteiger partial charge on any atom is 0.481 e. The number of rotatable bonds is 1. The molecule has 0 N–H and O–H groups in total. The van der Waals surface area contributed by atoms with E-state index in [9.17, 15) is 0 Å². The fourth-order valence-electron chi connectivity index (χ4n) is 1.46. The van der Waals surface area contributed by atoms with Gasteiger partial charge in [-0.25, -0.2) is 0 Å². The van der Waals surface area contributed by atoms with Gasteiger partial charge in [-0.2, -0.15) is 0 Å². The molecule has 2 heteroatoms. The molecule has 0 amide bonds. The van der Waals surface area contributed by atoms with Crippen LogP contribution in [0.1, 0.15) is 15.2 Å². The zero-order valence-corrected chi connectivity index (χ0v) is 9.13. The van der Waals surface area contributed by atoms with Crippen molar-refractivity contribution < 1.29 is 0 Å². The first-order valence-corrected chi connectivity index (χ1v) is 8.46. The Labute approximate surface area is 82.3 Å². The number of fused-ring (bicyclic) bond motifs is 1. The SMILES string of the molecule is [Br][Mg][CH]1C=Cc2ccccc21. The number of halogens is 1. The first kappa shape index (κ1) is 7.83. The van der Waals surface area contributed by atoms with Crippen molar-refractivity contribution in [2.45, 2.75) is 4.05 Å². The Morgan fingerprint density at radius 1 is 1.27 bits per heavy atom. The molecule has 1 unspecified atom stereocenters. The van der Waals surface area contributed by atoms with Crippen LogP contribution >= 0.6 is 12.9 Å². The number of allylic oxidation sites excluding steroid dienone is 1. The highest BCUT2D eigenvalue weighted by molar-refractivity contribution is 9.23. The molecule has 0 saturated heterocycles. The molecule has 0 aromatic heterocycles. The van der Waals surface area contributed by atoms with Crippen molar-refractivity contribution in [2.24, 2.45) is 0 Å². The van der Waals surface area contributed by atoms with Gasteiger partial charge in [0.1, 0.15) is 0 Å². The lowest BCUT2D eigenvalue weighted by Crippen LogP contribution is -1.95. The van der Waals surface area contributed by atoms with E-state index in [-0.39, 0.29) is 18.2 Å². The number of hydrogen-bond acceptors (Lipinski definition) is 0. The molecule has 0 saturated carbocycles. The van der Waals surface area contributed by atoms with Gasteiger partial charge in [-0.15, -0.1) is 6.08 Å². The molecular weight excluding hydrogens is 212 g/mol. The predicted octanol–water partition coefficient (Wildman–Crippen LogP) is 2.77. The lowest BCUT2D eigenvalue weighted by atomic mass is 10.1. The van der Waals surface area contributed by atoms with Crippen LogP contribution < -0.4 is 0 Å². The molecule has 0 heterocycles. The molecule has 0 nitrogen and oxygen atoms in total. The number of hydrogen-bond donors (Lipinski definition) is 0. The molecule has 52 valence electrons. The van der Waals surface area contributed by atoms with Gasteiger partial charge in [0.2, 0.25) is 0 Å². The molecule has 1 aromatic carbocycles. The Kier molecular flexibility index (Phi) is 2.35. The second-order valence-electron chi connectivity index (χ2n) is 2.75. The summed E-state index contributed by atoms with van der Waals surface area (Å²) in [5.41, 5.74) is 2.92. The summed E-state index contributed by atoms with van der Waals surface area (Å²) in [6.45, 7) is 0. The Morgan fingerprint density at radius 2 is 2.09 bits per heavy atom. The summed E-state index contributed by atoms with van der Waals surface area (Å²) < 4.78 is 0.728. The Bertz CT molecular complexity index is 293. The summed E-state index contributed by atoms with van der Waals surface area (Å²) in [6.07, 6.45) is 4.54. The van der Waals surface area contributed by atoms with Crippen LogP contribution in [0.3, 0.4) is 0 Å². The molecule has 0 fully saturated rings. The minimum absolute atomic E-state index is 0.0925. The van der Waals surface area contributed by atoms with Crippen molar-refractivity contribution in [3.63, 3.8) is 0 Å². The maximum atomic E-state index is 3.63. The summed E-state index contributed by atoms with van der Waals surface area (Å²) in [5.74, 6) is 0. The van der Waals surface area contributed by atoms with Crippen molar-refractivity contribution in [3.8, 4) is 0 Å². The van der Waals surface area contributed by atoms with Gasteiger partial charge in [-0.3, -0.25) is 0 Å². The van der Waals surface area contributed by atoms with E-state index in [0.29, 0.717) is 0 Å². The maximum absolute atomic E-state index is 3.63. The third-order valence-electron chi connectivity index (χ3n) is 2.07. The molecule has 2 rings (SSSR count). The van der Waals surface area contributed by atoms with Gasteiger partial charge in [0.05, 0.1) is 0 Å². The summed E-state index contributed by atoms with van der Waals surface area (Å²) in [5, 5.41) is 0. The minimum atomic E-state index is -0.0925. The average Bonchev–Trinajstić information content (AvgIpc) is 2.47. The second kappa shape index (κ2) is 3.29. The second-order valence-corrected chi connectivity index (χ2v) is 5.88. The third kappa shape index (κ3) is 1.39. The summed E-state index contributed by atoms with van der Waals surface area (Å²) >= 11 is 3.54. The van der Waals surface area contributed by atoms with Crippen LogP contribution in [0.25, 0.3) is 6.08 Å². The monoisotopic (exact) mass is 218 g/mol. The van der Waals surface area contributed by atoms with Crippen molar-refractivity contribution in [1.29, 1.82) is 0 Å². The van der Waals surface area contributed by atoms with Gasteiger partial charge in [0, 0.05) is 0 Å². The van der Waals surface area contributed by atoms with E-state index < -0.39 is 0 Å². The fraction of sp³-hybridized carbons (Fsp3) is 0.111. The van der Waals surface area contributed by atoms with Crippen LogP contribution in [0.2, 0.25) is 0 Å². The Hall–Kier alpha value is 0.206. The first-order chi connectivity index (χ1) is 5.42. The highest BCUT2D eigenvalue weighted by Crippen LogP contribution is 2.29. The van der Waals surface area contributed by atoms with Crippen LogP contribution in [0.4, 0.5) is 0 Å². The molecule has 0 radical (unpaired) electrons. The standard InChI is InChI=1S/C9H7.BrH.Mg/c1-2-5-9-7-3-6-8(9)4-1;;/h1-7H;1H;/q;;+1/p-1. The zero-order valence-electron chi connectivity index (χ0n) is 6.13. The average molecular weight is 219 g/mol. The molecular formula is C9H7BrMg. The van der Waals surface area contributed by atoms with Gasteiger partial charge >= 0.3 is 18.2 Å². The zero-order chi connectivity index (χ0) is 7.68. The lowest BCUT2D eigenvalue weighted by Gasteiger charge is -2.04. The third-order valence-corrected chi connectivity index (χ3v) is 5.21. The van der Waals surface area contributed by atoms with E-state index in [1.165, 1.54) is 11.1 Å². The molecule has 1 aromatic rings. The Morgan fingerprint density at radius 3 is 2.91 bits per heavy atom. The van der Waals surface area contributed by atoms with Crippen LogP contribution in [0.15, 0.2) is 30.3 Å². The number of benzene rings is 1. The van der Waals surface area contributed by atoms with Crippen LogP contribution in [0, 0.1) is 0 Å². The van der Waals surface area contributed by atoms with Gasteiger partial charge in [0.25, 0.3) is 0 Å². The molecule has 1 aliphatic carbocycles. The normalized spacial score (nSPS) is 19.5. The summed E-state index contributed by atoms with van der Waals surface area (Å²) in [7, 11) is 0. The van der Waals surface area contributed by atoms with Crippen LogP contribution in [-0.4, -0.2) is 18.2 Å². The van der Waals surface area contributed by atoms with E-state index in [4.69, 9.17) is 0 Å². The molecule has 1 atom stereocenters. The van der Waals surface area contributed by atoms with Crippen molar-refractivity contribution >= 4 is 37.2 Å². The van der Waals surface area contributed by atoms with Crippen molar-refractivity contribution in [1.82, 2.24) is 0 Å². The van der Waals surface area contributed by atoms with Crippen LogP contribution in [-0.2, 0) is 0 Å². The van der Waals surface area contributed by atoms with Gasteiger partial charge < -0.3 is 12.9 Å². The predicted molar refractivity (Wildman–Crippen MR) is 52.9 cm³/mol. The minimum Gasteiger partial charge on any atom is -0.305 e. The highest BCUT2D eigenvalue weighted by atomic mass is 79.9. The largest absolute Gasteiger partial charge is 0.481 e. The van der Waals surface area contributed by atoms with Crippen molar-refractivity contribution in [3.05, 3.63) is 41.5 Å². The Balaban J connectivity index is 2.46. The van der Waals surface area contributed by atoms with E-state index in [2.05, 4.69) is 49.3 Å². The molecule has 11 heavy (non-hydrogen) atoms. The molecule has 0 spiro atoms. The van der Waals surface area contributed by atoms with E-state index in [0.717, 1.165) is 4.05 Å². The van der Waals surface area contributed by atoms with Gasteiger partial charge in [0.15, 0.2) is 0 Å². The topological polar surface area (TPSA) is 0 Å². The van der Waals surface area contributed by atoms with Gasteiger partial charge in [-0.1, -0.05) is 40.0 Å². The summed E-state index contributed by atoms with van der Waals surface area (Å²) in [6, 6.07) is 8.63. The summed E-state index contributed by atoms with van der Waals surface area (Å²) in [4.78, 5) is 0. The molecule has 1 aliphatic rings. The molecule has 0 bridgehead atoms. The smallest absolute Gasteiger partial charge is 0.305 e. The van der Waals surface area contributed by atoms with Gasteiger partial charge in [-0.05, 0) is 5.56 Å². The molecule has 0 aliphatic heterocycles. The van der Waals surface area contributed by atoms with Crippen LogP contribution in [0.5, 0.6) is 0 Å². The first-order valence-electron chi connectivity index (χ1n) is 3.75.